The number of hydrogen-bond donors (Lipinski definition) is 1. The van der Waals surface area contributed by atoms with Gasteiger partial charge >= 0.3 is 0 Å². The Morgan fingerprint density at radius 3 is 2.89 bits per heavy atom. The van der Waals surface area contributed by atoms with Crippen LogP contribution in [-0.2, 0) is 0 Å². The smallest absolute Gasteiger partial charge is 0.223 e. The normalized spacial score (nSPS) is 10.4. The molecule has 0 bridgehead atoms. The Morgan fingerprint density at radius 2 is 2.17 bits per heavy atom. The number of nitrogens with one attached hydrogen (secondary N) is 1. The average Bonchev–Trinajstić information content (AvgIpc) is 2.39. The van der Waals surface area contributed by atoms with Crippen LogP contribution in [0, 0.1) is 12.7 Å². The Kier molecular flexibility index (Phi) is 3.82. The van der Waals surface area contributed by atoms with Gasteiger partial charge in [-0.1, -0.05) is 6.92 Å². The molecule has 0 aromatic carbocycles. The maximum Gasteiger partial charge on any atom is 0.223 e. The molecule has 0 aliphatic carbocycles. The van der Waals surface area contributed by atoms with E-state index in [0.29, 0.717) is 11.5 Å². The van der Waals surface area contributed by atoms with Crippen molar-refractivity contribution < 1.29 is 4.39 Å². The van der Waals surface area contributed by atoms with Crippen molar-refractivity contribution >= 4 is 5.95 Å². The molecule has 4 nitrogen and oxygen atoms in total. The molecule has 1 N–H and O–H groups in total. The van der Waals surface area contributed by atoms with Crippen LogP contribution < -0.4 is 5.32 Å². The van der Waals surface area contributed by atoms with Crippen molar-refractivity contribution in [3.63, 3.8) is 0 Å². The summed E-state index contributed by atoms with van der Waals surface area (Å²) < 4.78 is 13.8. The van der Waals surface area contributed by atoms with Crippen LogP contribution in [0.1, 0.15) is 18.9 Å². The zero-order valence-corrected chi connectivity index (χ0v) is 10.4. The summed E-state index contributed by atoms with van der Waals surface area (Å²) >= 11 is 0. The molecule has 0 radical (unpaired) electrons. The summed E-state index contributed by atoms with van der Waals surface area (Å²) in [5.74, 6) is 0.00431. The fraction of sp³-hybridized carbons (Fsp3) is 0.308. The summed E-state index contributed by atoms with van der Waals surface area (Å²) in [6.07, 6.45) is 5.44. The summed E-state index contributed by atoms with van der Waals surface area (Å²) in [4.78, 5) is 12.1. The van der Waals surface area contributed by atoms with Crippen molar-refractivity contribution in [2.75, 3.05) is 11.9 Å². The fourth-order valence-electron chi connectivity index (χ4n) is 1.59. The van der Waals surface area contributed by atoms with E-state index in [2.05, 4.69) is 20.3 Å². The van der Waals surface area contributed by atoms with Gasteiger partial charge in [0.05, 0.1) is 6.20 Å². The zero-order chi connectivity index (χ0) is 13.0. The van der Waals surface area contributed by atoms with Gasteiger partial charge in [-0.25, -0.2) is 14.4 Å². The van der Waals surface area contributed by atoms with E-state index in [1.54, 1.807) is 12.4 Å². The van der Waals surface area contributed by atoms with E-state index in [-0.39, 0.29) is 5.69 Å². The van der Waals surface area contributed by atoms with Crippen LogP contribution in [0.15, 0.2) is 24.7 Å². The highest BCUT2D eigenvalue weighted by Crippen LogP contribution is 2.23. The SMILES string of the molecule is CCCNc1ncc(F)c(-c2cnccc2C)n1. The standard InChI is InChI=1S/C13H15FN4/c1-3-5-16-13-17-8-11(14)12(18-13)10-7-15-6-4-9(10)2/h4,6-8H,3,5H2,1-2H3,(H,16,17,18). The van der Waals surface area contributed by atoms with Gasteiger partial charge in [-0.3, -0.25) is 4.98 Å². The number of aromatic nitrogens is 3. The van der Waals surface area contributed by atoms with E-state index in [1.807, 2.05) is 19.9 Å². The summed E-state index contributed by atoms with van der Waals surface area (Å²) in [5.41, 5.74) is 1.91. The Labute approximate surface area is 105 Å². The van der Waals surface area contributed by atoms with E-state index < -0.39 is 5.82 Å². The van der Waals surface area contributed by atoms with E-state index >= 15 is 0 Å². The number of nitrogens with zero attached hydrogens (tertiary/aromatic N) is 3. The first kappa shape index (κ1) is 12.4. The lowest BCUT2D eigenvalue weighted by molar-refractivity contribution is 0.618. The molecule has 0 aliphatic rings. The molecule has 0 fully saturated rings. The minimum atomic E-state index is -0.437. The molecule has 0 spiro atoms. The lowest BCUT2D eigenvalue weighted by atomic mass is 10.1. The Hall–Kier alpha value is -2.04. The van der Waals surface area contributed by atoms with Gasteiger partial charge in [-0.2, -0.15) is 0 Å². The lowest BCUT2D eigenvalue weighted by Crippen LogP contribution is -2.06. The average molecular weight is 246 g/mol. The van der Waals surface area contributed by atoms with Gasteiger partial charge in [0.15, 0.2) is 5.82 Å². The van der Waals surface area contributed by atoms with Gasteiger partial charge in [-0.05, 0) is 25.0 Å². The van der Waals surface area contributed by atoms with Crippen molar-refractivity contribution in [3.8, 4) is 11.3 Å². The maximum atomic E-state index is 13.8. The second-order valence-corrected chi connectivity index (χ2v) is 4.01. The van der Waals surface area contributed by atoms with Gasteiger partial charge < -0.3 is 5.32 Å². The molecule has 0 saturated heterocycles. The number of rotatable bonds is 4. The van der Waals surface area contributed by atoms with Gasteiger partial charge in [-0.15, -0.1) is 0 Å². The molecule has 2 rings (SSSR count). The third-order valence-electron chi connectivity index (χ3n) is 2.57. The predicted molar refractivity (Wildman–Crippen MR) is 68.7 cm³/mol. The first-order valence-electron chi connectivity index (χ1n) is 5.89. The zero-order valence-electron chi connectivity index (χ0n) is 10.4. The highest BCUT2D eigenvalue weighted by molar-refractivity contribution is 5.63. The highest BCUT2D eigenvalue weighted by Gasteiger charge is 2.11. The van der Waals surface area contributed by atoms with Crippen molar-refractivity contribution in [2.24, 2.45) is 0 Å². The molecule has 2 aromatic rings. The molecular weight excluding hydrogens is 231 g/mol. The molecule has 0 saturated carbocycles. The fourth-order valence-corrected chi connectivity index (χ4v) is 1.59. The van der Waals surface area contributed by atoms with Gasteiger partial charge in [0.2, 0.25) is 5.95 Å². The van der Waals surface area contributed by atoms with Crippen molar-refractivity contribution in [2.45, 2.75) is 20.3 Å². The third kappa shape index (κ3) is 2.61. The minimum Gasteiger partial charge on any atom is -0.354 e. The van der Waals surface area contributed by atoms with Crippen molar-refractivity contribution in [3.05, 3.63) is 36.0 Å². The van der Waals surface area contributed by atoms with E-state index in [0.717, 1.165) is 18.5 Å². The molecule has 2 aromatic heterocycles. The minimum absolute atomic E-state index is 0.286. The molecule has 0 aliphatic heterocycles. The van der Waals surface area contributed by atoms with Crippen LogP contribution in [0.4, 0.5) is 10.3 Å². The van der Waals surface area contributed by atoms with Crippen LogP contribution in [0.2, 0.25) is 0 Å². The Bertz CT molecular complexity index is 542. The first-order chi connectivity index (χ1) is 8.72. The second-order valence-electron chi connectivity index (χ2n) is 4.01. The van der Waals surface area contributed by atoms with Gasteiger partial charge in [0, 0.05) is 24.5 Å². The topological polar surface area (TPSA) is 50.7 Å². The molecule has 18 heavy (non-hydrogen) atoms. The summed E-state index contributed by atoms with van der Waals surface area (Å²) in [6.45, 7) is 4.71. The largest absolute Gasteiger partial charge is 0.354 e. The van der Waals surface area contributed by atoms with Crippen LogP contribution in [0.5, 0.6) is 0 Å². The lowest BCUT2D eigenvalue weighted by Gasteiger charge is -2.08. The van der Waals surface area contributed by atoms with Crippen molar-refractivity contribution in [1.82, 2.24) is 15.0 Å². The van der Waals surface area contributed by atoms with Crippen LogP contribution in [0.3, 0.4) is 0 Å². The quantitative estimate of drug-likeness (QED) is 0.901. The van der Waals surface area contributed by atoms with E-state index in [4.69, 9.17) is 0 Å². The van der Waals surface area contributed by atoms with E-state index in [9.17, 15) is 4.39 Å². The van der Waals surface area contributed by atoms with Crippen LogP contribution >= 0.6 is 0 Å². The Morgan fingerprint density at radius 1 is 1.33 bits per heavy atom. The predicted octanol–water partition coefficient (Wildman–Crippen LogP) is 2.81. The second kappa shape index (κ2) is 5.53. The summed E-state index contributed by atoms with van der Waals surface area (Å²) in [6, 6.07) is 1.83. The third-order valence-corrected chi connectivity index (χ3v) is 2.57. The monoisotopic (exact) mass is 246 g/mol. The van der Waals surface area contributed by atoms with Gasteiger partial charge in [0.1, 0.15) is 5.69 Å². The number of anilines is 1. The number of halogens is 1. The highest BCUT2D eigenvalue weighted by atomic mass is 19.1. The number of aryl methyl sites for hydroxylation is 1. The molecule has 5 heteroatoms. The first-order valence-corrected chi connectivity index (χ1v) is 5.89. The molecule has 94 valence electrons. The summed E-state index contributed by atoms with van der Waals surface area (Å²) in [7, 11) is 0. The summed E-state index contributed by atoms with van der Waals surface area (Å²) in [5, 5.41) is 3.04. The van der Waals surface area contributed by atoms with Crippen molar-refractivity contribution in [1.29, 1.82) is 0 Å². The Balaban J connectivity index is 2.40. The van der Waals surface area contributed by atoms with Crippen LogP contribution in [-0.4, -0.2) is 21.5 Å². The van der Waals surface area contributed by atoms with Crippen LogP contribution in [0.25, 0.3) is 11.3 Å². The molecule has 0 unspecified atom stereocenters. The molecule has 0 amide bonds. The van der Waals surface area contributed by atoms with E-state index in [1.165, 1.54) is 6.20 Å². The molecule has 0 atom stereocenters. The molecule has 2 heterocycles. The number of hydrogen-bond acceptors (Lipinski definition) is 4. The maximum absolute atomic E-state index is 13.8. The molecular formula is C13H15FN4. The number of pyridine rings is 1. The van der Waals surface area contributed by atoms with Gasteiger partial charge in [0.25, 0.3) is 0 Å².